The highest BCUT2D eigenvalue weighted by atomic mass is 16.1. The summed E-state index contributed by atoms with van der Waals surface area (Å²) >= 11 is 0. The van der Waals surface area contributed by atoms with Crippen molar-refractivity contribution < 1.29 is 0 Å². The standard InChI is InChI=1S/C26H38N4O/c1-20-13-16-29(19-20)25-26(31)30(24-12-8-7-11-23(24)27-25)22-14-17-28(18-15-22)21-9-5-3-2-4-6-10-21/h7-8,11-12,20-22H,2-6,9-10,13-19H2,1H3. The molecule has 3 aliphatic rings. The summed E-state index contributed by atoms with van der Waals surface area (Å²) in [5, 5.41) is 0. The molecular formula is C26H38N4O. The van der Waals surface area contributed by atoms with Gasteiger partial charge >= 0.3 is 0 Å². The van der Waals surface area contributed by atoms with E-state index in [1.54, 1.807) is 0 Å². The van der Waals surface area contributed by atoms with Gasteiger partial charge in [-0.3, -0.25) is 4.79 Å². The Labute approximate surface area is 186 Å². The van der Waals surface area contributed by atoms with Crippen LogP contribution in [-0.2, 0) is 0 Å². The van der Waals surface area contributed by atoms with Crippen molar-refractivity contribution in [1.29, 1.82) is 0 Å². The Kier molecular flexibility index (Phi) is 6.31. The summed E-state index contributed by atoms with van der Waals surface area (Å²) in [5.74, 6) is 1.30. The Morgan fingerprint density at radius 3 is 2.26 bits per heavy atom. The third kappa shape index (κ3) is 4.39. The van der Waals surface area contributed by atoms with E-state index in [1.807, 2.05) is 12.1 Å². The second kappa shape index (κ2) is 9.32. The van der Waals surface area contributed by atoms with Crippen LogP contribution in [0.3, 0.4) is 0 Å². The smallest absolute Gasteiger partial charge is 0.294 e. The van der Waals surface area contributed by atoms with Crippen LogP contribution in [0.1, 0.15) is 77.2 Å². The molecule has 0 radical (unpaired) electrons. The first-order chi connectivity index (χ1) is 15.2. The molecule has 2 saturated heterocycles. The maximum absolute atomic E-state index is 13.7. The monoisotopic (exact) mass is 422 g/mol. The molecule has 2 aromatic rings. The SMILES string of the molecule is CC1CCN(c2nc3ccccc3n(C3CCN(C4CCCCCCC4)CC3)c2=O)C1. The van der Waals surface area contributed by atoms with Gasteiger partial charge in [-0.15, -0.1) is 0 Å². The van der Waals surface area contributed by atoms with Crippen molar-refractivity contribution in [2.45, 2.75) is 83.2 Å². The predicted molar refractivity (Wildman–Crippen MR) is 128 cm³/mol. The summed E-state index contributed by atoms with van der Waals surface area (Å²) in [6.07, 6.45) is 13.0. The lowest BCUT2D eigenvalue weighted by atomic mass is 9.93. The van der Waals surface area contributed by atoms with Crippen LogP contribution in [0.5, 0.6) is 0 Å². The van der Waals surface area contributed by atoms with Crippen LogP contribution in [-0.4, -0.2) is 46.7 Å². The van der Waals surface area contributed by atoms with Crippen molar-refractivity contribution in [2.24, 2.45) is 5.92 Å². The number of nitrogens with zero attached hydrogens (tertiary/aromatic N) is 4. The lowest BCUT2D eigenvalue weighted by Gasteiger charge is -2.39. The minimum Gasteiger partial charge on any atom is -0.352 e. The number of piperidine rings is 1. The maximum Gasteiger partial charge on any atom is 0.294 e. The average molecular weight is 423 g/mol. The van der Waals surface area contributed by atoms with Crippen molar-refractivity contribution in [2.75, 3.05) is 31.1 Å². The molecule has 5 nitrogen and oxygen atoms in total. The zero-order valence-corrected chi connectivity index (χ0v) is 19.1. The molecule has 1 saturated carbocycles. The number of benzene rings is 1. The van der Waals surface area contributed by atoms with E-state index >= 15 is 0 Å². The zero-order valence-electron chi connectivity index (χ0n) is 19.1. The van der Waals surface area contributed by atoms with Gasteiger partial charge in [-0.05, 0) is 50.2 Å². The predicted octanol–water partition coefficient (Wildman–Crippen LogP) is 4.99. The molecular weight excluding hydrogens is 384 g/mol. The van der Waals surface area contributed by atoms with E-state index in [-0.39, 0.29) is 11.6 Å². The summed E-state index contributed by atoms with van der Waals surface area (Å²) < 4.78 is 2.11. The quantitative estimate of drug-likeness (QED) is 0.699. The minimum atomic E-state index is 0.122. The van der Waals surface area contributed by atoms with Gasteiger partial charge in [-0.1, -0.05) is 51.2 Å². The summed E-state index contributed by atoms with van der Waals surface area (Å²) in [6.45, 7) is 6.40. The van der Waals surface area contributed by atoms with Crippen LogP contribution in [0.4, 0.5) is 5.82 Å². The van der Waals surface area contributed by atoms with Crippen molar-refractivity contribution in [3.8, 4) is 0 Å². The largest absolute Gasteiger partial charge is 0.352 e. The lowest BCUT2D eigenvalue weighted by Crippen LogP contribution is -2.44. The van der Waals surface area contributed by atoms with Crippen molar-refractivity contribution >= 4 is 16.9 Å². The van der Waals surface area contributed by atoms with Crippen LogP contribution >= 0.6 is 0 Å². The molecule has 5 heteroatoms. The van der Waals surface area contributed by atoms with Crippen molar-refractivity contribution in [3.63, 3.8) is 0 Å². The number of likely N-dealkylation sites (tertiary alicyclic amines) is 1. The molecule has 0 bridgehead atoms. The Bertz CT molecular complexity index is 938. The van der Waals surface area contributed by atoms with Gasteiger partial charge in [0.05, 0.1) is 11.0 Å². The highest BCUT2D eigenvalue weighted by Gasteiger charge is 2.30. The lowest BCUT2D eigenvalue weighted by molar-refractivity contribution is 0.116. The van der Waals surface area contributed by atoms with Gasteiger partial charge < -0.3 is 14.4 Å². The normalized spacial score (nSPS) is 25.1. The molecule has 1 aromatic carbocycles. The van der Waals surface area contributed by atoms with Gasteiger partial charge in [-0.25, -0.2) is 4.98 Å². The molecule has 0 N–H and O–H groups in total. The van der Waals surface area contributed by atoms with E-state index in [0.717, 1.165) is 62.5 Å². The Morgan fingerprint density at radius 2 is 1.55 bits per heavy atom. The molecule has 31 heavy (non-hydrogen) atoms. The number of anilines is 1. The molecule has 3 heterocycles. The second-order valence-electron chi connectivity index (χ2n) is 10.2. The average Bonchev–Trinajstić information content (AvgIpc) is 3.19. The first-order valence-electron chi connectivity index (χ1n) is 12.7. The van der Waals surface area contributed by atoms with Crippen LogP contribution in [0, 0.1) is 5.92 Å². The van der Waals surface area contributed by atoms with E-state index in [2.05, 4.69) is 33.4 Å². The second-order valence-corrected chi connectivity index (χ2v) is 10.2. The number of hydrogen-bond acceptors (Lipinski definition) is 4. The Hall–Kier alpha value is -1.88. The fourth-order valence-corrected chi connectivity index (χ4v) is 6.15. The first kappa shape index (κ1) is 21.0. The molecule has 0 spiro atoms. The maximum atomic E-state index is 13.7. The Balaban J connectivity index is 1.40. The molecule has 1 aromatic heterocycles. The van der Waals surface area contributed by atoms with Gasteiger partial charge in [0.25, 0.3) is 5.56 Å². The molecule has 1 aliphatic carbocycles. The number of fused-ring (bicyclic) bond motifs is 1. The number of para-hydroxylation sites is 2. The van der Waals surface area contributed by atoms with Crippen molar-refractivity contribution in [1.82, 2.24) is 14.5 Å². The third-order valence-electron chi connectivity index (χ3n) is 7.96. The minimum absolute atomic E-state index is 0.122. The molecule has 3 fully saturated rings. The first-order valence-corrected chi connectivity index (χ1v) is 12.7. The number of hydrogen-bond donors (Lipinski definition) is 0. The van der Waals surface area contributed by atoms with Crippen LogP contribution in [0.15, 0.2) is 29.1 Å². The van der Waals surface area contributed by atoms with E-state index in [4.69, 9.17) is 4.98 Å². The summed E-state index contributed by atoms with van der Waals surface area (Å²) in [4.78, 5) is 23.5. The fraction of sp³-hybridized carbons (Fsp3) is 0.692. The molecule has 0 amide bonds. The fourth-order valence-electron chi connectivity index (χ4n) is 6.15. The zero-order chi connectivity index (χ0) is 21.2. The van der Waals surface area contributed by atoms with Crippen LogP contribution in [0.25, 0.3) is 11.0 Å². The highest BCUT2D eigenvalue weighted by Crippen LogP contribution is 2.30. The summed E-state index contributed by atoms with van der Waals surface area (Å²) in [5.41, 5.74) is 2.09. The summed E-state index contributed by atoms with van der Waals surface area (Å²) in [7, 11) is 0. The van der Waals surface area contributed by atoms with Crippen LogP contribution in [0.2, 0.25) is 0 Å². The van der Waals surface area contributed by atoms with E-state index in [9.17, 15) is 4.79 Å². The molecule has 2 aliphatic heterocycles. The molecule has 1 unspecified atom stereocenters. The van der Waals surface area contributed by atoms with Gasteiger partial charge in [0.2, 0.25) is 0 Å². The topological polar surface area (TPSA) is 41.4 Å². The Morgan fingerprint density at radius 1 is 0.839 bits per heavy atom. The number of aromatic nitrogens is 2. The highest BCUT2D eigenvalue weighted by molar-refractivity contribution is 5.76. The van der Waals surface area contributed by atoms with E-state index < -0.39 is 0 Å². The van der Waals surface area contributed by atoms with Crippen LogP contribution < -0.4 is 10.5 Å². The van der Waals surface area contributed by atoms with Gasteiger partial charge in [0.1, 0.15) is 0 Å². The van der Waals surface area contributed by atoms with Gasteiger partial charge in [0.15, 0.2) is 5.82 Å². The molecule has 5 rings (SSSR count). The van der Waals surface area contributed by atoms with E-state index in [0.29, 0.717) is 11.7 Å². The summed E-state index contributed by atoms with van der Waals surface area (Å²) in [6, 6.07) is 9.27. The number of rotatable bonds is 3. The molecule has 168 valence electrons. The molecule has 1 atom stereocenters. The van der Waals surface area contributed by atoms with Crippen molar-refractivity contribution in [3.05, 3.63) is 34.6 Å². The van der Waals surface area contributed by atoms with Gasteiger partial charge in [-0.2, -0.15) is 0 Å². The third-order valence-corrected chi connectivity index (χ3v) is 7.96. The van der Waals surface area contributed by atoms with E-state index in [1.165, 1.54) is 44.9 Å². The van der Waals surface area contributed by atoms with Gasteiger partial charge in [0, 0.05) is 38.3 Å².